The lowest BCUT2D eigenvalue weighted by Crippen LogP contribution is -2.41. The number of carbonyl (C=O) groups excluding carboxylic acids is 1. The van der Waals surface area contributed by atoms with Crippen LogP contribution in [0.5, 0.6) is 0 Å². The molecule has 4 aromatic rings. The smallest absolute Gasteiger partial charge is 0.245 e. The number of amides is 1. The second kappa shape index (κ2) is 7.91. The second-order valence-corrected chi connectivity index (χ2v) is 10.9. The van der Waals surface area contributed by atoms with E-state index in [0.717, 1.165) is 21.3 Å². The average molecular weight is 472 g/mol. The van der Waals surface area contributed by atoms with Crippen LogP contribution in [0.1, 0.15) is 24.0 Å². The maximum absolute atomic E-state index is 13.1. The Morgan fingerprint density at radius 1 is 1.16 bits per heavy atom. The number of sulfonamides is 1. The van der Waals surface area contributed by atoms with Crippen molar-refractivity contribution >= 4 is 53.6 Å². The van der Waals surface area contributed by atoms with Gasteiger partial charge in [0.25, 0.3) is 0 Å². The van der Waals surface area contributed by atoms with Gasteiger partial charge in [-0.25, -0.2) is 18.0 Å². The first-order valence-electron chi connectivity index (χ1n) is 10.2. The van der Waals surface area contributed by atoms with E-state index in [9.17, 15) is 13.2 Å². The Hall–Kier alpha value is -2.89. The molecule has 1 saturated heterocycles. The fourth-order valence-corrected chi connectivity index (χ4v) is 6.65. The summed E-state index contributed by atoms with van der Waals surface area (Å²) < 4.78 is 33.4. The lowest BCUT2D eigenvalue weighted by molar-refractivity contribution is -0.120. The number of fused-ring (bicyclic) bond motifs is 2. The first kappa shape index (κ1) is 21.0. The number of anilines is 1. The number of benzene rings is 2. The van der Waals surface area contributed by atoms with E-state index in [2.05, 4.69) is 31.3 Å². The van der Waals surface area contributed by atoms with Crippen molar-refractivity contribution in [2.24, 2.45) is 5.92 Å². The molecule has 1 fully saturated rings. The van der Waals surface area contributed by atoms with E-state index in [1.807, 2.05) is 19.9 Å². The zero-order valence-corrected chi connectivity index (χ0v) is 19.2. The highest BCUT2D eigenvalue weighted by Crippen LogP contribution is 2.31. The number of hydrogen-bond donors (Lipinski definition) is 1. The van der Waals surface area contributed by atoms with Crippen LogP contribution >= 0.6 is 11.3 Å². The van der Waals surface area contributed by atoms with Crippen LogP contribution in [0.25, 0.3) is 21.3 Å². The normalized spacial score (nSPS) is 16.1. The molecule has 0 aliphatic carbocycles. The molecule has 1 N–H and O–H groups in total. The fourth-order valence-electron chi connectivity index (χ4n) is 4.12. The zero-order valence-electron chi connectivity index (χ0n) is 17.5. The van der Waals surface area contributed by atoms with Crippen molar-refractivity contribution in [2.75, 3.05) is 18.4 Å². The van der Waals surface area contributed by atoms with Gasteiger partial charge in [-0.2, -0.15) is 4.31 Å². The minimum Gasteiger partial charge on any atom is -0.302 e. The lowest BCUT2D eigenvalue weighted by atomic mass is 9.97. The maximum atomic E-state index is 13.1. The number of hydrogen-bond acceptors (Lipinski definition) is 8. The molecule has 1 aliphatic rings. The Kier molecular flexibility index (Phi) is 5.19. The number of carbonyl (C=O) groups is 1. The van der Waals surface area contributed by atoms with Crippen molar-refractivity contribution in [1.29, 1.82) is 0 Å². The number of rotatable bonds is 4. The lowest BCUT2D eigenvalue weighted by Gasteiger charge is -2.30. The Morgan fingerprint density at radius 3 is 2.72 bits per heavy atom. The standard InChI is InChI=1S/C21H21N5O4S2/c1-12-10-13(2)19-16(11-12)22-21(31-19)23-20(27)14-6-8-26(9-7-14)32(28,29)17-5-3-4-15-18(17)25-30-24-15/h3-5,10-11,14H,6-9H2,1-2H3,(H,22,23,27). The second-order valence-electron chi connectivity index (χ2n) is 8.00. The quantitative estimate of drug-likeness (QED) is 0.484. The van der Waals surface area contributed by atoms with Gasteiger partial charge in [-0.15, -0.1) is 0 Å². The third kappa shape index (κ3) is 3.65. The summed E-state index contributed by atoms with van der Waals surface area (Å²) in [5.41, 5.74) is 3.74. The van der Waals surface area contributed by atoms with Gasteiger partial charge < -0.3 is 5.32 Å². The van der Waals surface area contributed by atoms with Crippen LogP contribution in [0.3, 0.4) is 0 Å². The third-order valence-electron chi connectivity index (χ3n) is 5.74. The largest absolute Gasteiger partial charge is 0.302 e. The maximum Gasteiger partial charge on any atom is 0.245 e. The van der Waals surface area contributed by atoms with Crippen LogP contribution in [-0.2, 0) is 14.8 Å². The van der Waals surface area contributed by atoms with Crippen LogP contribution in [0.4, 0.5) is 5.13 Å². The number of nitrogens with one attached hydrogen (secondary N) is 1. The van der Waals surface area contributed by atoms with Crippen molar-refractivity contribution in [1.82, 2.24) is 19.6 Å². The van der Waals surface area contributed by atoms with Crippen LogP contribution in [0, 0.1) is 19.8 Å². The van der Waals surface area contributed by atoms with Gasteiger partial charge in [0, 0.05) is 19.0 Å². The molecule has 0 atom stereocenters. The SMILES string of the molecule is Cc1cc(C)c2sc(NC(=O)C3CCN(S(=O)(=O)c4cccc5nonc45)CC3)nc2c1. The summed E-state index contributed by atoms with van der Waals surface area (Å²) in [6.45, 7) is 4.55. The average Bonchev–Trinajstić information content (AvgIpc) is 3.40. The minimum absolute atomic E-state index is 0.0688. The van der Waals surface area contributed by atoms with Gasteiger partial charge in [-0.05, 0) is 66.3 Å². The summed E-state index contributed by atoms with van der Waals surface area (Å²) >= 11 is 1.46. The molecule has 0 saturated carbocycles. The van der Waals surface area contributed by atoms with E-state index in [4.69, 9.17) is 0 Å². The van der Waals surface area contributed by atoms with Gasteiger partial charge in [-0.1, -0.05) is 23.5 Å². The van der Waals surface area contributed by atoms with Crippen LogP contribution in [-0.4, -0.2) is 47.0 Å². The molecule has 5 rings (SSSR count). The monoisotopic (exact) mass is 471 g/mol. The number of thiazole rings is 1. The molecular formula is C21H21N5O4S2. The Morgan fingerprint density at radius 2 is 1.94 bits per heavy atom. The highest BCUT2D eigenvalue weighted by molar-refractivity contribution is 7.89. The van der Waals surface area contributed by atoms with Crippen molar-refractivity contribution in [3.05, 3.63) is 41.5 Å². The third-order valence-corrected chi connectivity index (χ3v) is 8.79. The Labute approximate surface area is 188 Å². The molecule has 1 aliphatic heterocycles. The van der Waals surface area contributed by atoms with Crippen LogP contribution in [0.15, 0.2) is 39.9 Å². The van der Waals surface area contributed by atoms with Gasteiger partial charge in [0.05, 0.1) is 10.2 Å². The predicted octanol–water partition coefficient (Wildman–Crippen LogP) is 3.49. The number of aryl methyl sites for hydroxylation is 2. The number of piperidine rings is 1. The van der Waals surface area contributed by atoms with Crippen molar-refractivity contribution in [3.63, 3.8) is 0 Å². The molecule has 11 heteroatoms. The van der Waals surface area contributed by atoms with E-state index < -0.39 is 10.0 Å². The van der Waals surface area contributed by atoms with Crippen molar-refractivity contribution in [3.8, 4) is 0 Å². The molecule has 32 heavy (non-hydrogen) atoms. The fraction of sp³-hybridized carbons (Fsp3) is 0.333. The molecule has 166 valence electrons. The molecule has 0 spiro atoms. The summed E-state index contributed by atoms with van der Waals surface area (Å²) in [5.74, 6) is -0.404. The highest BCUT2D eigenvalue weighted by atomic mass is 32.2. The van der Waals surface area contributed by atoms with E-state index in [0.29, 0.717) is 23.5 Å². The molecular weight excluding hydrogens is 450 g/mol. The van der Waals surface area contributed by atoms with Gasteiger partial charge >= 0.3 is 0 Å². The zero-order chi connectivity index (χ0) is 22.5. The topological polar surface area (TPSA) is 118 Å². The molecule has 9 nitrogen and oxygen atoms in total. The minimum atomic E-state index is -3.76. The van der Waals surface area contributed by atoms with Gasteiger partial charge in [0.1, 0.15) is 10.4 Å². The highest BCUT2D eigenvalue weighted by Gasteiger charge is 2.34. The van der Waals surface area contributed by atoms with Gasteiger partial charge in [0.2, 0.25) is 15.9 Å². The summed E-state index contributed by atoms with van der Waals surface area (Å²) in [5, 5.41) is 10.9. The molecule has 0 bridgehead atoms. The Bertz CT molecular complexity index is 1440. The van der Waals surface area contributed by atoms with Crippen LogP contribution in [0.2, 0.25) is 0 Å². The number of nitrogens with zero attached hydrogens (tertiary/aromatic N) is 4. The molecule has 2 aromatic carbocycles. The Balaban J connectivity index is 1.28. The van der Waals surface area contributed by atoms with Gasteiger partial charge in [-0.3, -0.25) is 4.79 Å². The number of aromatic nitrogens is 3. The predicted molar refractivity (Wildman–Crippen MR) is 121 cm³/mol. The molecule has 1 amide bonds. The van der Waals surface area contributed by atoms with Crippen molar-refractivity contribution in [2.45, 2.75) is 31.6 Å². The molecule has 3 heterocycles. The van der Waals surface area contributed by atoms with E-state index in [-0.39, 0.29) is 35.3 Å². The first-order valence-corrected chi connectivity index (χ1v) is 12.5. The van der Waals surface area contributed by atoms with E-state index in [1.54, 1.807) is 12.1 Å². The van der Waals surface area contributed by atoms with Crippen molar-refractivity contribution < 1.29 is 17.8 Å². The molecule has 0 unspecified atom stereocenters. The summed E-state index contributed by atoms with van der Waals surface area (Å²) in [6, 6.07) is 8.85. The first-order chi connectivity index (χ1) is 15.3. The molecule has 2 aromatic heterocycles. The van der Waals surface area contributed by atoms with E-state index in [1.165, 1.54) is 21.7 Å². The molecule has 0 radical (unpaired) electrons. The van der Waals surface area contributed by atoms with Gasteiger partial charge in [0.15, 0.2) is 10.6 Å². The van der Waals surface area contributed by atoms with Crippen LogP contribution < -0.4 is 5.32 Å². The summed E-state index contributed by atoms with van der Waals surface area (Å²) in [7, 11) is -3.76. The summed E-state index contributed by atoms with van der Waals surface area (Å²) in [4.78, 5) is 17.4. The summed E-state index contributed by atoms with van der Waals surface area (Å²) in [6.07, 6.45) is 0.863. The van der Waals surface area contributed by atoms with E-state index >= 15 is 0 Å².